The van der Waals surface area contributed by atoms with Crippen LogP contribution < -0.4 is 4.31 Å². The molecule has 0 spiro atoms. The van der Waals surface area contributed by atoms with E-state index in [9.17, 15) is 22.9 Å². The van der Waals surface area contributed by atoms with Gasteiger partial charge in [-0.3, -0.25) is 14.4 Å². The van der Waals surface area contributed by atoms with Crippen LogP contribution in [-0.2, 0) is 16.6 Å². The fourth-order valence-corrected chi connectivity index (χ4v) is 4.16. The number of hydrogen-bond donors (Lipinski definition) is 0. The average molecular weight is 400 g/mol. The van der Waals surface area contributed by atoms with Gasteiger partial charge in [0, 0.05) is 12.1 Å². The summed E-state index contributed by atoms with van der Waals surface area (Å²) in [4.78, 5) is 10.2. The van der Waals surface area contributed by atoms with E-state index in [1.54, 1.807) is 24.3 Å². The van der Waals surface area contributed by atoms with Crippen LogP contribution in [0.25, 0.3) is 0 Å². The molecule has 6 nitrogen and oxygen atoms in total. The lowest BCUT2D eigenvalue weighted by Gasteiger charge is -2.25. The van der Waals surface area contributed by atoms with Crippen molar-refractivity contribution in [3.63, 3.8) is 0 Å². The molecule has 0 aliphatic carbocycles. The molecule has 0 radical (unpaired) electrons. The van der Waals surface area contributed by atoms with Gasteiger partial charge in [0.25, 0.3) is 15.7 Å². The van der Waals surface area contributed by atoms with E-state index in [0.717, 1.165) is 15.9 Å². The van der Waals surface area contributed by atoms with Crippen LogP contribution in [0.4, 0.5) is 15.8 Å². The molecule has 0 saturated heterocycles. The summed E-state index contributed by atoms with van der Waals surface area (Å²) in [6.07, 6.45) is 0. The van der Waals surface area contributed by atoms with Crippen LogP contribution in [0, 0.1) is 22.9 Å². The number of anilines is 1. The lowest BCUT2D eigenvalue weighted by molar-refractivity contribution is -0.385. The Labute approximate surface area is 162 Å². The molecule has 0 unspecified atom stereocenters. The van der Waals surface area contributed by atoms with Crippen molar-refractivity contribution < 1.29 is 17.7 Å². The Morgan fingerprint density at radius 2 is 1.64 bits per heavy atom. The lowest BCUT2D eigenvalue weighted by atomic mass is 10.2. The fourth-order valence-electron chi connectivity index (χ4n) is 2.67. The highest BCUT2D eigenvalue weighted by Gasteiger charge is 2.27. The number of hydrogen-bond acceptors (Lipinski definition) is 4. The topological polar surface area (TPSA) is 80.5 Å². The monoisotopic (exact) mass is 400 g/mol. The van der Waals surface area contributed by atoms with E-state index < -0.39 is 20.8 Å². The maximum absolute atomic E-state index is 13.3. The van der Waals surface area contributed by atoms with Crippen molar-refractivity contribution in [3.8, 4) is 0 Å². The van der Waals surface area contributed by atoms with Gasteiger partial charge in [-0.1, -0.05) is 35.9 Å². The van der Waals surface area contributed by atoms with Crippen molar-refractivity contribution in [3.05, 3.63) is 99.9 Å². The zero-order chi connectivity index (χ0) is 20.3. The van der Waals surface area contributed by atoms with Gasteiger partial charge in [-0.05, 0) is 42.8 Å². The fraction of sp³-hybridized carbons (Fsp3) is 0.100. The number of nitro benzene ring substituents is 1. The molecule has 0 aliphatic heterocycles. The second-order valence-electron chi connectivity index (χ2n) is 6.23. The normalized spacial score (nSPS) is 11.2. The molecule has 8 heteroatoms. The van der Waals surface area contributed by atoms with Gasteiger partial charge in [0.05, 0.1) is 22.1 Å². The summed E-state index contributed by atoms with van der Waals surface area (Å²) in [5, 5.41) is 11.0. The summed E-state index contributed by atoms with van der Waals surface area (Å²) in [5.41, 5.74) is 1.63. The second-order valence-corrected chi connectivity index (χ2v) is 8.09. The van der Waals surface area contributed by atoms with Crippen LogP contribution in [0.2, 0.25) is 0 Å². The lowest BCUT2D eigenvalue weighted by Crippen LogP contribution is -2.30. The number of sulfonamides is 1. The number of benzene rings is 3. The highest BCUT2D eigenvalue weighted by atomic mass is 32.2. The highest BCUT2D eigenvalue weighted by molar-refractivity contribution is 7.92. The minimum absolute atomic E-state index is 0.0473. The summed E-state index contributed by atoms with van der Waals surface area (Å²) in [7, 11) is -4.10. The van der Waals surface area contributed by atoms with Gasteiger partial charge in [0.1, 0.15) is 5.82 Å². The first-order valence-electron chi connectivity index (χ1n) is 8.36. The van der Waals surface area contributed by atoms with Crippen LogP contribution in [0.5, 0.6) is 0 Å². The van der Waals surface area contributed by atoms with E-state index in [1.165, 1.54) is 42.5 Å². The van der Waals surface area contributed by atoms with Crippen LogP contribution >= 0.6 is 0 Å². The zero-order valence-electron chi connectivity index (χ0n) is 14.9. The number of nitro groups is 1. The van der Waals surface area contributed by atoms with Crippen molar-refractivity contribution in [1.29, 1.82) is 0 Å². The van der Waals surface area contributed by atoms with Gasteiger partial charge in [-0.15, -0.1) is 0 Å². The van der Waals surface area contributed by atoms with Gasteiger partial charge in [-0.2, -0.15) is 0 Å². The van der Waals surface area contributed by atoms with Crippen LogP contribution in [0.15, 0.2) is 77.7 Å². The first-order valence-corrected chi connectivity index (χ1v) is 9.80. The van der Waals surface area contributed by atoms with Gasteiger partial charge in [-0.25, -0.2) is 12.8 Å². The van der Waals surface area contributed by atoms with E-state index in [4.69, 9.17) is 0 Å². The number of rotatable bonds is 6. The molecule has 3 aromatic rings. The Bertz CT molecular complexity index is 1100. The molecular weight excluding hydrogens is 383 g/mol. The van der Waals surface area contributed by atoms with Crippen LogP contribution in [0.3, 0.4) is 0 Å². The number of aryl methyl sites for hydroxylation is 1. The first kappa shape index (κ1) is 19.5. The SMILES string of the molecule is Cc1ccc(N(Cc2ccc(F)cc2)S(=O)(=O)c2cccc([N+](=O)[O-])c2)cc1. The Morgan fingerprint density at radius 1 is 1.00 bits per heavy atom. The van der Waals surface area contributed by atoms with E-state index in [-0.39, 0.29) is 17.1 Å². The minimum Gasteiger partial charge on any atom is -0.262 e. The van der Waals surface area contributed by atoms with Gasteiger partial charge in [0.15, 0.2) is 0 Å². The van der Waals surface area contributed by atoms with Gasteiger partial charge >= 0.3 is 0 Å². The van der Waals surface area contributed by atoms with Gasteiger partial charge in [0.2, 0.25) is 0 Å². The number of non-ortho nitro benzene ring substituents is 1. The largest absolute Gasteiger partial charge is 0.270 e. The molecular formula is C20H17FN2O4S. The van der Waals surface area contributed by atoms with Gasteiger partial charge < -0.3 is 0 Å². The Balaban J connectivity index is 2.08. The van der Waals surface area contributed by atoms with Crippen molar-refractivity contribution in [2.45, 2.75) is 18.4 Å². The van der Waals surface area contributed by atoms with Crippen LogP contribution in [-0.4, -0.2) is 13.3 Å². The Morgan fingerprint density at radius 3 is 2.25 bits per heavy atom. The van der Waals surface area contributed by atoms with Crippen molar-refractivity contribution in [2.24, 2.45) is 0 Å². The maximum Gasteiger partial charge on any atom is 0.270 e. The molecule has 0 atom stereocenters. The molecule has 0 bridgehead atoms. The zero-order valence-corrected chi connectivity index (χ0v) is 15.8. The molecule has 144 valence electrons. The summed E-state index contributed by atoms with van der Waals surface area (Å²) in [6.45, 7) is 1.83. The third-order valence-electron chi connectivity index (χ3n) is 4.18. The standard InChI is InChI=1S/C20H17FN2O4S/c1-15-5-11-18(12-6-15)22(14-16-7-9-17(21)10-8-16)28(26,27)20-4-2-3-19(13-20)23(24)25/h2-13H,14H2,1H3. The summed E-state index contributed by atoms with van der Waals surface area (Å²) in [5.74, 6) is -0.424. The molecule has 3 aromatic carbocycles. The third-order valence-corrected chi connectivity index (χ3v) is 5.95. The predicted molar refractivity (Wildman–Crippen MR) is 104 cm³/mol. The van der Waals surface area contributed by atoms with E-state index >= 15 is 0 Å². The van der Waals surface area contributed by atoms with E-state index in [2.05, 4.69) is 0 Å². The predicted octanol–water partition coefficient (Wildman–Crippen LogP) is 4.44. The molecule has 0 aliphatic rings. The summed E-state index contributed by atoms with van der Waals surface area (Å²) < 4.78 is 41.0. The third kappa shape index (κ3) is 4.17. The number of nitrogens with zero attached hydrogens (tertiary/aromatic N) is 2. The van der Waals surface area contributed by atoms with E-state index in [1.807, 2.05) is 6.92 Å². The smallest absolute Gasteiger partial charge is 0.262 e. The molecule has 0 saturated carbocycles. The molecule has 0 amide bonds. The van der Waals surface area contributed by atoms with Crippen molar-refractivity contribution in [1.82, 2.24) is 0 Å². The molecule has 0 aromatic heterocycles. The maximum atomic E-state index is 13.3. The molecule has 28 heavy (non-hydrogen) atoms. The summed E-state index contributed by atoms with van der Waals surface area (Å²) in [6, 6.07) is 17.3. The van der Waals surface area contributed by atoms with Crippen molar-refractivity contribution >= 4 is 21.4 Å². The molecule has 0 heterocycles. The molecule has 0 fully saturated rings. The quantitative estimate of drug-likeness (QED) is 0.453. The van der Waals surface area contributed by atoms with E-state index in [0.29, 0.717) is 11.3 Å². The highest BCUT2D eigenvalue weighted by Crippen LogP contribution is 2.28. The first-order chi connectivity index (χ1) is 13.3. The average Bonchev–Trinajstić information content (AvgIpc) is 2.68. The number of halogens is 1. The summed E-state index contributed by atoms with van der Waals surface area (Å²) >= 11 is 0. The van der Waals surface area contributed by atoms with Crippen molar-refractivity contribution in [2.75, 3.05) is 4.31 Å². The molecule has 3 rings (SSSR count). The Hall–Kier alpha value is -3.26. The second kappa shape index (κ2) is 7.77. The van der Waals surface area contributed by atoms with Crippen LogP contribution in [0.1, 0.15) is 11.1 Å². The Kier molecular flexibility index (Phi) is 5.41. The minimum atomic E-state index is -4.10. The molecule has 0 N–H and O–H groups in total.